The van der Waals surface area contributed by atoms with E-state index in [2.05, 4.69) is 0 Å². The molecule has 7 nitrogen and oxygen atoms in total. The second-order valence-corrected chi connectivity index (χ2v) is 13.3. The third-order valence-electron chi connectivity index (χ3n) is 5.36. The van der Waals surface area contributed by atoms with E-state index in [1.807, 2.05) is 0 Å². The highest BCUT2D eigenvalue weighted by atomic mass is 32.2. The summed E-state index contributed by atoms with van der Waals surface area (Å²) in [4.78, 5) is 25.3. The highest BCUT2D eigenvalue weighted by molar-refractivity contribution is 7.94. The number of pyridine rings is 1. The van der Waals surface area contributed by atoms with E-state index < -0.39 is 42.6 Å². The SMILES string of the molecule is Cc1ccc2c(=O)n(-c3ccc(CC(=O)CS(=O)(=O)c4cccs4)cc3F)cc(S(C)(=O)=O)c2c1. The fraction of sp³-hybridized carbons (Fsp3) is 0.167. The molecule has 35 heavy (non-hydrogen) atoms. The molecule has 11 heteroatoms. The number of carbonyl (C=O) groups is 1. The molecule has 2 heterocycles. The molecule has 2 aromatic heterocycles. The Labute approximate surface area is 205 Å². The fourth-order valence-electron chi connectivity index (χ4n) is 3.76. The van der Waals surface area contributed by atoms with Gasteiger partial charge in [0.2, 0.25) is 0 Å². The zero-order valence-corrected chi connectivity index (χ0v) is 21.1. The van der Waals surface area contributed by atoms with Crippen LogP contribution in [-0.4, -0.2) is 39.2 Å². The maximum atomic E-state index is 15.1. The number of aryl methyl sites for hydroxylation is 1. The third kappa shape index (κ3) is 5.12. The van der Waals surface area contributed by atoms with Crippen molar-refractivity contribution in [3.05, 3.63) is 87.4 Å². The van der Waals surface area contributed by atoms with Crippen LogP contribution in [0, 0.1) is 12.7 Å². The zero-order chi connectivity index (χ0) is 25.5. The number of rotatable bonds is 7. The van der Waals surface area contributed by atoms with Crippen LogP contribution < -0.4 is 5.56 Å². The number of sulfone groups is 2. The summed E-state index contributed by atoms with van der Waals surface area (Å²) in [5, 5.41) is 1.97. The minimum atomic E-state index is -3.77. The lowest BCUT2D eigenvalue weighted by Gasteiger charge is -2.13. The van der Waals surface area contributed by atoms with Crippen LogP contribution in [0.2, 0.25) is 0 Å². The Morgan fingerprint density at radius 3 is 2.40 bits per heavy atom. The van der Waals surface area contributed by atoms with E-state index >= 15 is 4.39 Å². The van der Waals surface area contributed by atoms with Gasteiger partial charge in [0, 0.05) is 29.6 Å². The van der Waals surface area contributed by atoms with Gasteiger partial charge in [0.05, 0.1) is 10.6 Å². The summed E-state index contributed by atoms with van der Waals surface area (Å²) in [6.45, 7) is 1.77. The molecule has 0 saturated heterocycles. The molecule has 0 fully saturated rings. The number of Topliss-reactive ketones (excluding diaryl/α,β-unsaturated/α-hetero) is 1. The molecular weight excluding hydrogens is 513 g/mol. The van der Waals surface area contributed by atoms with Gasteiger partial charge in [-0.3, -0.25) is 14.2 Å². The number of hydrogen-bond donors (Lipinski definition) is 0. The molecule has 182 valence electrons. The molecule has 0 aliphatic heterocycles. The molecule has 0 amide bonds. The van der Waals surface area contributed by atoms with E-state index in [9.17, 15) is 26.4 Å². The molecule has 2 aromatic carbocycles. The van der Waals surface area contributed by atoms with Crippen molar-refractivity contribution in [3.8, 4) is 5.69 Å². The molecular formula is C24H20FNO6S3. The van der Waals surface area contributed by atoms with Crippen LogP contribution >= 0.6 is 11.3 Å². The maximum Gasteiger partial charge on any atom is 0.263 e. The van der Waals surface area contributed by atoms with E-state index in [1.165, 1.54) is 24.3 Å². The lowest BCUT2D eigenvalue weighted by molar-refractivity contribution is -0.116. The number of thiophene rings is 1. The highest BCUT2D eigenvalue weighted by Crippen LogP contribution is 2.25. The first kappa shape index (κ1) is 25.0. The van der Waals surface area contributed by atoms with Crippen molar-refractivity contribution in [1.29, 1.82) is 0 Å². The Kier molecular flexibility index (Phi) is 6.52. The summed E-state index contributed by atoms with van der Waals surface area (Å²) < 4.78 is 65.5. The Hall–Kier alpha value is -3.15. The molecule has 4 rings (SSSR count). The number of aromatic nitrogens is 1. The largest absolute Gasteiger partial charge is 0.298 e. The second kappa shape index (κ2) is 9.14. The van der Waals surface area contributed by atoms with Crippen LogP contribution in [0.4, 0.5) is 4.39 Å². The molecule has 4 aromatic rings. The Balaban J connectivity index is 1.70. The third-order valence-corrected chi connectivity index (χ3v) is 9.65. The summed E-state index contributed by atoms with van der Waals surface area (Å²) in [5.41, 5.74) is 0.202. The van der Waals surface area contributed by atoms with Gasteiger partial charge in [0.15, 0.2) is 25.5 Å². The van der Waals surface area contributed by atoms with E-state index in [0.717, 1.165) is 40.0 Å². The Morgan fingerprint density at radius 2 is 1.77 bits per heavy atom. The zero-order valence-electron chi connectivity index (χ0n) is 18.7. The van der Waals surface area contributed by atoms with Gasteiger partial charge in [0.1, 0.15) is 15.8 Å². The van der Waals surface area contributed by atoms with Crippen molar-refractivity contribution in [3.63, 3.8) is 0 Å². The van der Waals surface area contributed by atoms with Crippen LogP contribution in [0.3, 0.4) is 0 Å². The number of halogens is 1. The Morgan fingerprint density at radius 1 is 1.03 bits per heavy atom. The maximum absolute atomic E-state index is 15.1. The van der Waals surface area contributed by atoms with Crippen molar-refractivity contribution >= 4 is 47.6 Å². The van der Waals surface area contributed by atoms with Gasteiger partial charge >= 0.3 is 0 Å². The second-order valence-electron chi connectivity index (χ2n) is 8.18. The number of ketones is 1. The van der Waals surface area contributed by atoms with Gasteiger partial charge in [-0.1, -0.05) is 23.8 Å². The molecule has 0 atom stereocenters. The summed E-state index contributed by atoms with van der Waals surface area (Å²) in [6, 6.07) is 11.4. The van der Waals surface area contributed by atoms with Crippen LogP contribution in [-0.2, 0) is 30.9 Å². The summed E-state index contributed by atoms with van der Waals surface area (Å²) in [6.07, 6.45) is 1.78. The first-order valence-corrected chi connectivity index (χ1v) is 14.7. The molecule has 0 saturated carbocycles. The molecule has 0 bridgehead atoms. The minimum Gasteiger partial charge on any atom is -0.298 e. The van der Waals surface area contributed by atoms with Crippen LogP contribution in [0.15, 0.2) is 74.0 Å². The van der Waals surface area contributed by atoms with Crippen molar-refractivity contribution in [2.45, 2.75) is 22.4 Å². The van der Waals surface area contributed by atoms with Crippen molar-refractivity contribution in [2.75, 3.05) is 12.0 Å². The topological polar surface area (TPSA) is 107 Å². The summed E-state index contributed by atoms with van der Waals surface area (Å²) in [5.74, 6) is -2.18. The first-order valence-electron chi connectivity index (χ1n) is 10.3. The number of nitrogens with zero attached hydrogens (tertiary/aromatic N) is 1. The lowest BCUT2D eigenvalue weighted by Crippen LogP contribution is -2.21. The average molecular weight is 534 g/mol. The van der Waals surface area contributed by atoms with Gasteiger partial charge in [-0.15, -0.1) is 11.3 Å². The minimum absolute atomic E-state index is 0.0833. The van der Waals surface area contributed by atoms with Gasteiger partial charge < -0.3 is 0 Å². The smallest absolute Gasteiger partial charge is 0.263 e. The number of hydrogen-bond acceptors (Lipinski definition) is 7. The lowest BCUT2D eigenvalue weighted by atomic mass is 10.1. The normalized spacial score (nSPS) is 12.2. The molecule has 0 spiro atoms. The average Bonchev–Trinajstić information content (AvgIpc) is 3.29. The number of carbonyl (C=O) groups excluding carboxylic acids is 1. The van der Waals surface area contributed by atoms with E-state index in [-0.39, 0.29) is 37.5 Å². The van der Waals surface area contributed by atoms with Gasteiger partial charge in [0.25, 0.3) is 5.56 Å². The van der Waals surface area contributed by atoms with Gasteiger partial charge in [-0.2, -0.15) is 0 Å². The fourth-order valence-corrected chi connectivity index (χ4v) is 6.95. The van der Waals surface area contributed by atoms with E-state index in [4.69, 9.17) is 0 Å². The van der Waals surface area contributed by atoms with Crippen LogP contribution in [0.5, 0.6) is 0 Å². The molecule has 0 aliphatic rings. The highest BCUT2D eigenvalue weighted by Gasteiger charge is 2.22. The van der Waals surface area contributed by atoms with E-state index in [0.29, 0.717) is 0 Å². The van der Waals surface area contributed by atoms with Crippen molar-refractivity contribution < 1.29 is 26.0 Å². The number of fused-ring (bicyclic) bond motifs is 1. The monoisotopic (exact) mass is 533 g/mol. The molecule has 0 aliphatic carbocycles. The Bertz CT molecular complexity index is 1740. The quantitative estimate of drug-likeness (QED) is 0.360. The first-order chi connectivity index (χ1) is 16.4. The van der Waals surface area contributed by atoms with Crippen LogP contribution in [0.1, 0.15) is 11.1 Å². The van der Waals surface area contributed by atoms with Gasteiger partial charge in [-0.25, -0.2) is 21.2 Å². The predicted molar refractivity (Wildman–Crippen MR) is 132 cm³/mol. The standard InChI is InChI=1S/C24H20FNO6S3/c1-15-5-7-18-19(10-15)22(34(2,29)30)13-26(24(18)28)21-8-6-16(12-20(21)25)11-17(27)14-35(31,32)23-4-3-9-33-23/h3-10,12-13H,11,14H2,1-2H3. The van der Waals surface area contributed by atoms with Gasteiger partial charge in [-0.05, 0) is 48.2 Å². The number of benzene rings is 2. The van der Waals surface area contributed by atoms with Crippen LogP contribution in [0.25, 0.3) is 16.5 Å². The summed E-state index contributed by atoms with van der Waals surface area (Å²) in [7, 11) is -7.52. The summed E-state index contributed by atoms with van der Waals surface area (Å²) >= 11 is 1.01. The molecule has 0 radical (unpaired) electrons. The predicted octanol–water partition coefficient (Wildman–Crippen LogP) is 3.49. The molecule has 0 N–H and O–H groups in total. The van der Waals surface area contributed by atoms with E-state index in [1.54, 1.807) is 30.5 Å². The van der Waals surface area contributed by atoms with Crippen molar-refractivity contribution in [2.24, 2.45) is 0 Å². The molecule has 0 unspecified atom stereocenters. The van der Waals surface area contributed by atoms with Crippen molar-refractivity contribution in [1.82, 2.24) is 4.57 Å².